The van der Waals surface area contributed by atoms with Crippen molar-refractivity contribution in [3.63, 3.8) is 0 Å². The fraction of sp³-hybridized carbons (Fsp3) is 0.273. The number of rotatable bonds is 5. The fourth-order valence-electron chi connectivity index (χ4n) is 3.59. The Morgan fingerprint density at radius 3 is 2.29 bits per heavy atom. The third-order valence-corrected chi connectivity index (χ3v) is 7.64. The minimum atomic E-state index is -3.91. The number of anilines is 1. The largest absolute Gasteiger partial charge is 0.419 e. The highest BCUT2D eigenvalue weighted by molar-refractivity contribution is 9.10. The van der Waals surface area contributed by atoms with Crippen molar-refractivity contribution >= 4 is 37.6 Å². The molecule has 1 fully saturated rings. The van der Waals surface area contributed by atoms with Crippen molar-refractivity contribution in [2.24, 2.45) is 11.7 Å². The predicted molar refractivity (Wildman–Crippen MR) is 120 cm³/mol. The lowest BCUT2D eigenvalue weighted by molar-refractivity contribution is -0.122. The van der Waals surface area contributed by atoms with E-state index in [4.69, 9.17) is 10.2 Å². The number of hydrogen-bond donors (Lipinski definition) is 1. The third kappa shape index (κ3) is 4.38. The molecule has 1 saturated heterocycles. The Hall–Kier alpha value is -2.65. The molecule has 0 bridgehead atoms. The lowest BCUT2D eigenvalue weighted by Gasteiger charge is -2.30. The molecule has 3 aromatic rings. The summed E-state index contributed by atoms with van der Waals surface area (Å²) in [5.74, 6) is -0.130. The highest BCUT2D eigenvalue weighted by Crippen LogP contribution is 2.36. The lowest BCUT2D eigenvalue weighted by Crippen LogP contribution is -2.38. The van der Waals surface area contributed by atoms with E-state index < -0.39 is 9.84 Å². The van der Waals surface area contributed by atoms with Crippen LogP contribution in [-0.2, 0) is 14.6 Å². The molecule has 9 heteroatoms. The summed E-state index contributed by atoms with van der Waals surface area (Å²) in [5.41, 5.74) is 7.07. The van der Waals surface area contributed by atoms with E-state index in [-0.39, 0.29) is 33.5 Å². The van der Waals surface area contributed by atoms with Crippen LogP contribution in [0.3, 0.4) is 0 Å². The van der Waals surface area contributed by atoms with Crippen LogP contribution in [0.4, 0.5) is 5.88 Å². The van der Waals surface area contributed by atoms with Crippen molar-refractivity contribution in [1.29, 1.82) is 0 Å². The summed E-state index contributed by atoms with van der Waals surface area (Å²) < 4.78 is 33.8. The quantitative estimate of drug-likeness (QED) is 0.564. The average molecular weight is 504 g/mol. The molecule has 162 valence electrons. The number of sulfone groups is 1. The number of nitrogens with two attached hydrogens (primary N) is 1. The smallest absolute Gasteiger partial charge is 0.236 e. The van der Waals surface area contributed by atoms with Crippen molar-refractivity contribution < 1.29 is 17.6 Å². The van der Waals surface area contributed by atoms with Gasteiger partial charge in [-0.3, -0.25) is 4.79 Å². The van der Waals surface area contributed by atoms with Crippen molar-refractivity contribution in [2.45, 2.75) is 29.7 Å². The van der Waals surface area contributed by atoms with Crippen LogP contribution in [0.15, 0.2) is 67.3 Å². The predicted octanol–water partition coefficient (Wildman–Crippen LogP) is 3.95. The zero-order valence-electron chi connectivity index (χ0n) is 16.9. The molecule has 1 aliphatic heterocycles. The molecule has 0 atom stereocenters. The van der Waals surface area contributed by atoms with Crippen LogP contribution in [0, 0.1) is 12.8 Å². The van der Waals surface area contributed by atoms with Crippen LogP contribution in [0.5, 0.6) is 0 Å². The molecule has 1 aliphatic rings. The maximum absolute atomic E-state index is 13.4. The number of aryl methyl sites for hydroxylation is 1. The Labute approximate surface area is 189 Å². The summed E-state index contributed by atoms with van der Waals surface area (Å²) in [7, 11) is -3.91. The molecule has 0 saturated carbocycles. The van der Waals surface area contributed by atoms with E-state index in [0.717, 1.165) is 10.0 Å². The van der Waals surface area contributed by atoms with Crippen LogP contribution < -0.4 is 10.6 Å². The molecule has 0 spiro atoms. The van der Waals surface area contributed by atoms with Gasteiger partial charge in [-0.25, -0.2) is 8.42 Å². The number of piperidine rings is 1. The summed E-state index contributed by atoms with van der Waals surface area (Å²) >= 11 is 3.39. The van der Waals surface area contributed by atoms with Crippen LogP contribution in [-0.4, -0.2) is 32.4 Å². The van der Waals surface area contributed by atoms with E-state index in [0.29, 0.717) is 31.5 Å². The topological polar surface area (TPSA) is 106 Å². The second-order valence-corrected chi connectivity index (χ2v) is 10.4. The Bertz CT molecular complexity index is 1200. The number of benzene rings is 2. The molecule has 2 heterocycles. The number of halogens is 1. The number of amides is 1. The number of primary amides is 1. The van der Waals surface area contributed by atoms with Gasteiger partial charge in [0.1, 0.15) is 0 Å². The van der Waals surface area contributed by atoms with Gasteiger partial charge in [0.05, 0.1) is 4.90 Å². The molecule has 0 unspecified atom stereocenters. The van der Waals surface area contributed by atoms with Crippen molar-refractivity contribution in [3.05, 3.63) is 58.6 Å². The molecule has 2 N–H and O–H groups in total. The van der Waals surface area contributed by atoms with Crippen LogP contribution in [0.2, 0.25) is 0 Å². The molecular formula is C22H22BrN3O4S. The van der Waals surface area contributed by atoms with Gasteiger partial charge in [0, 0.05) is 29.0 Å². The maximum atomic E-state index is 13.4. The van der Waals surface area contributed by atoms with E-state index in [1.807, 2.05) is 24.0 Å². The number of carbonyl (C=O) groups is 1. The molecule has 4 rings (SSSR count). The van der Waals surface area contributed by atoms with E-state index in [1.165, 1.54) is 0 Å². The zero-order chi connectivity index (χ0) is 22.2. The standard InChI is InChI=1S/C22H22BrN3O4S/c1-14-2-8-18(9-3-14)31(28,29)21-22(26-12-10-15(11-13-26)19(24)27)30-20(25-21)16-4-6-17(23)7-5-16/h2-9,15H,10-13H2,1H3,(H2,24,27). The van der Waals surface area contributed by atoms with Gasteiger partial charge >= 0.3 is 0 Å². The zero-order valence-corrected chi connectivity index (χ0v) is 19.3. The molecule has 2 aromatic carbocycles. The van der Waals surface area contributed by atoms with E-state index in [1.54, 1.807) is 36.4 Å². The minimum absolute atomic E-state index is 0.119. The Morgan fingerprint density at radius 1 is 1.10 bits per heavy atom. The van der Waals surface area contributed by atoms with Crippen LogP contribution in [0.1, 0.15) is 18.4 Å². The second kappa shape index (κ2) is 8.47. The summed E-state index contributed by atoms with van der Waals surface area (Å²) in [5, 5.41) is -0.119. The van der Waals surface area contributed by atoms with Gasteiger partial charge in [-0.1, -0.05) is 33.6 Å². The van der Waals surface area contributed by atoms with Gasteiger partial charge in [0.25, 0.3) is 0 Å². The van der Waals surface area contributed by atoms with Crippen molar-refractivity contribution in [3.8, 4) is 11.5 Å². The average Bonchev–Trinajstić information content (AvgIpc) is 3.21. The molecule has 7 nitrogen and oxygen atoms in total. The lowest BCUT2D eigenvalue weighted by atomic mass is 9.96. The maximum Gasteiger partial charge on any atom is 0.236 e. The Morgan fingerprint density at radius 2 is 1.71 bits per heavy atom. The van der Waals surface area contributed by atoms with Gasteiger partial charge in [0.2, 0.25) is 32.5 Å². The highest BCUT2D eigenvalue weighted by atomic mass is 79.9. The second-order valence-electron chi connectivity index (χ2n) is 7.62. The van der Waals surface area contributed by atoms with Crippen LogP contribution >= 0.6 is 15.9 Å². The van der Waals surface area contributed by atoms with Gasteiger partial charge in [-0.2, -0.15) is 4.98 Å². The minimum Gasteiger partial charge on any atom is -0.419 e. The Kier molecular flexibility index (Phi) is 5.90. The van der Waals surface area contributed by atoms with Gasteiger partial charge in [-0.15, -0.1) is 0 Å². The van der Waals surface area contributed by atoms with Crippen LogP contribution in [0.25, 0.3) is 11.5 Å². The SMILES string of the molecule is Cc1ccc(S(=O)(=O)c2nc(-c3ccc(Br)cc3)oc2N2CCC(C(N)=O)CC2)cc1. The third-order valence-electron chi connectivity index (χ3n) is 5.44. The number of aromatic nitrogens is 1. The van der Waals surface area contributed by atoms with Crippen molar-refractivity contribution in [1.82, 2.24) is 4.98 Å². The molecule has 0 aliphatic carbocycles. The van der Waals surface area contributed by atoms with Crippen molar-refractivity contribution in [2.75, 3.05) is 18.0 Å². The normalized spacial score (nSPS) is 15.2. The number of hydrogen-bond acceptors (Lipinski definition) is 6. The summed E-state index contributed by atoms with van der Waals surface area (Å²) in [6.45, 7) is 2.81. The fourth-order valence-corrected chi connectivity index (χ4v) is 5.17. The molecular weight excluding hydrogens is 482 g/mol. The van der Waals surface area contributed by atoms with E-state index in [9.17, 15) is 13.2 Å². The molecule has 0 radical (unpaired) electrons. The van der Waals surface area contributed by atoms with E-state index in [2.05, 4.69) is 20.9 Å². The summed E-state index contributed by atoms with van der Waals surface area (Å²) in [6, 6.07) is 13.9. The van der Waals surface area contributed by atoms with E-state index >= 15 is 0 Å². The van der Waals surface area contributed by atoms with Gasteiger partial charge in [0.15, 0.2) is 0 Å². The first-order valence-corrected chi connectivity index (χ1v) is 12.2. The number of oxazole rings is 1. The first kappa shape index (κ1) is 21.6. The number of carbonyl (C=O) groups excluding carboxylic acids is 1. The number of nitrogens with zero attached hydrogens (tertiary/aromatic N) is 2. The van der Waals surface area contributed by atoms with Gasteiger partial charge in [-0.05, 0) is 56.2 Å². The summed E-state index contributed by atoms with van der Waals surface area (Å²) in [4.78, 5) is 17.9. The monoisotopic (exact) mass is 503 g/mol. The first-order chi connectivity index (χ1) is 14.8. The first-order valence-electron chi connectivity index (χ1n) is 9.88. The Balaban J connectivity index is 1.78. The molecule has 1 amide bonds. The highest BCUT2D eigenvalue weighted by Gasteiger charge is 2.34. The molecule has 1 aromatic heterocycles. The van der Waals surface area contributed by atoms with Gasteiger partial charge < -0.3 is 15.1 Å². The summed E-state index contributed by atoms with van der Waals surface area (Å²) in [6.07, 6.45) is 1.07. The molecule has 31 heavy (non-hydrogen) atoms.